The third-order valence-electron chi connectivity index (χ3n) is 6.66. The van der Waals surface area contributed by atoms with Gasteiger partial charge in [-0.25, -0.2) is 4.79 Å². The number of benzene rings is 2. The predicted molar refractivity (Wildman–Crippen MR) is 159 cm³/mol. The molecule has 42 heavy (non-hydrogen) atoms. The lowest BCUT2D eigenvalue weighted by molar-refractivity contribution is -0.200. The number of ether oxygens (including phenoxy) is 6. The van der Waals surface area contributed by atoms with E-state index in [9.17, 15) is 9.59 Å². The largest absolute Gasteiger partial charge is 0.497 e. The van der Waals surface area contributed by atoms with E-state index in [-0.39, 0.29) is 19.1 Å². The highest BCUT2D eigenvalue weighted by Crippen LogP contribution is 2.40. The Bertz CT molecular complexity index is 1250. The molecule has 2 aliphatic heterocycles. The number of thioether (sulfide) groups is 1. The molecule has 1 saturated heterocycles. The number of nitrogens with zero attached hydrogens (tertiary/aromatic N) is 2. The van der Waals surface area contributed by atoms with Crippen LogP contribution in [0, 0.1) is 0 Å². The molecule has 0 radical (unpaired) electrons. The summed E-state index contributed by atoms with van der Waals surface area (Å²) in [7, 11) is 6.36. The number of rotatable bonds is 9. The standard InChI is InChI=1S/C30H39N3O8S/c1-30(2,3)41-29(35)33(5)28-32-22-23(38-16-18-8-12-20(36-6)13-9-18)24(25(26(34)31-4)40-27(22)42-28)39-17-19-10-14-21(37-7)15-11-19/h8-15,22-25,27H,16-17H2,1-7H3,(H,31,34)/t22-,23-,24+,25+,27-/m1/s1. The van der Waals surface area contributed by atoms with Gasteiger partial charge >= 0.3 is 6.09 Å². The zero-order valence-electron chi connectivity index (χ0n) is 25.0. The number of hydrogen-bond donors (Lipinski definition) is 1. The quantitative estimate of drug-likeness (QED) is 0.455. The molecule has 0 spiro atoms. The number of aliphatic imine (C=N–C) groups is 1. The Balaban J connectivity index is 1.62. The number of hydrogen-bond acceptors (Lipinski definition) is 10. The number of methoxy groups -OCH3 is 2. The normalized spacial score (nSPS) is 23.4. The van der Waals surface area contributed by atoms with E-state index in [1.165, 1.54) is 16.7 Å². The third kappa shape index (κ3) is 7.74. The summed E-state index contributed by atoms with van der Waals surface area (Å²) >= 11 is 1.25. The van der Waals surface area contributed by atoms with Crippen LogP contribution in [0.15, 0.2) is 53.5 Å². The molecule has 228 valence electrons. The van der Waals surface area contributed by atoms with Crippen LogP contribution in [0.5, 0.6) is 11.5 Å². The van der Waals surface area contributed by atoms with Crippen molar-refractivity contribution >= 4 is 28.9 Å². The van der Waals surface area contributed by atoms with Gasteiger partial charge in [-0.15, -0.1) is 0 Å². The highest BCUT2D eigenvalue weighted by atomic mass is 32.2. The van der Waals surface area contributed by atoms with Gasteiger partial charge in [0.1, 0.15) is 40.8 Å². The number of carbonyl (C=O) groups excluding carboxylic acids is 2. The second kappa shape index (κ2) is 13.8. The van der Waals surface area contributed by atoms with E-state index in [1.54, 1.807) is 49.1 Å². The predicted octanol–water partition coefficient (Wildman–Crippen LogP) is 3.98. The average Bonchev–Trinajstić information content (AvgIpc) is 3.41. The molecule has 0 aliphatic carbocycles. The first-order chi connectivity index (χ1) is 20.0. The van der Waals surface area contributed by atoms with Gasteiger partial charge < -0.3 is 33.7 Å². The van der Waals surface area contributed by atoms with Crippen LogP contribution >= 0.6 is 11.8 Å². The van der Waals surface area contributed by atoms with Crippen molar-refractivity contribution in [1.29, 1.82) is 0 Å². The number of amidine groups is 1. The molecule has 5 atom stereocenters. The lowest BCUT2D eigenvalue weighted by Gasteiger charge is -2.41. The summed E-state index contributed by atoms with van der Waals surface area (Å²) in [6, 6.07) is 14.4. The summed E-state index contributed by atoms with van der Waals surface area (Å²) in [6.07, 6.45) is -3.01. The van der Waals surface area contributed by atoms with Crippen LogP contribution in [0.2, 0.25) is 0 Å². The Morgan fingerprint density at radius 2 is 1.45 bits per heavy atom. The molecule has 2 aromatic rings. The van der Waals surface area contributed by atoms with Crippen molar-refractivity contribution in [3.63, 3.8) is 0 Å². The van der Waals surface area contributed by atoms with Crippen LogP contribution < -0.4 is 14.8 Å². The molecule has 0 bridgehead atoms. The molecule has 0 aromatic heterocycles. The molecule has 0 saturated carbocycles. The Morgan fingerprint density at radius 1 is 0.929 bits per heavy atom. The minimum atomic E-state index is -0.982. The summed E-state index contributed by atoms with van der Waals surface area (Å²) in [5, 5.41) is 3.09. The van der Waals surface area contributed by atoms with Crippen LogP contribution in [0.3, 0.4) is 0 Å². The van der Waals surface area contributed by atoms with E-state index in [4.69, 9.17) is 33.4 Å². The molecule has 1 N–H and O–H groups in total. The summed E-state index contributed by atoms with van der Waals surface area (Å²) < 4.78 is 35.2. The first-order valence-corrected chi connectivity index (χ1v) is 14.5. The van der Waals surface area contributed by atoms with E-state index in [0.29, 0.717) is 5.17 Å². The minimum Gasteiger partial charge on any atom is -0.497 e. The van der Waals surface area contributed by atoms with Gasteiger partial charge in [-0.2, -0.15) is 0 Å². The number of carbonyl (C=O) groups is 2. The number of amides is 2. The van der Waals surface area contributed by atoms with E-state index >= 15 is 0 Å². The van der Waals surface area contributed by atoms with Crippen molar-refractivity contribution in [3.05, 3.63) is 59.7 Å². The lowest BCUT2D eigenvalue weighted by Crippen LogP contribution is -2.60. The summed E-state index contributed by atoms with van der Waals surface area (Å²) in [5.74, 6) is 1.11. The van der Waals surface area contributed by atoms with Gasteiger partial charge in [-0.1, -0.05) is 36.0 Å². The van der Waals surface area contributed by atoms with E-state index in [2.05, 4.69) is 5.32 Å². The van der Waals surface area contributed by atoms with Crippen molar-refractivity contribution in [2.45, 2.75) is 69.4 Å². The SMILES string of the molecule is CNC(=O)[C@H]1O[C@@H]2SC(N(C)C(=O)OC(C)(C)C)=N[C@@H]2[C@@H](OCc2ccc(OC)cc2)[C@@H]1OCc1ccc(OC)cc1. The first-order valence-electron chi connectivity index (χ1n) is 13.6. The van der Waals surface area contributed by atoms with Gasteiger partial charge in [0.25, 0.3) is 5.91 Å². The highest BCUT2D eigenvalue weighted by molar-refractivity contribution is 8.14. The Morgan fingerprint density at radius 3 is 1.93 bits per heavy atom. The Labute approximate surface area is 250 Å². The van der Waals surface area contributed by atoms with Crippen molar-refractivity contribution in [3.8, 4) is 11.5 Å². The molecular weight excluding hydrogens is 562 g/mol. The van der Waals surface area contributed by atoms with E-state index in [1.807, 2.05) is 48.5 Å². The van der Waals surface area contributed by atoms with E-state index < -0.39 is 41.5 Å². The molecule has 11 nitrogen and oxygen atoms in total. The Kier molecular flexibility index (Phi) is 10.4. The van der Waals surface area contributed by atoms with E-state index in [0.717, 1.165) is 22.6 Å². The van der Waals surface area contributed by atoms with Crippen molar-refractivity contribution in [2.24, 2.45) is 4.99 Å². The van der Waals surface area contributed by atoms with Crippen LogP contribution in [0.25, 0.3) is 0 Å². The average molecular weight is 602 g/mol. The fourth-order valence-corrected chi connectivity index (χ4v) is 5.60. The van der Waals surface area contributed by atoms with Crippen LogP contribution in [0.4, 0.5) is 4.79 Å². The molecule has 2 heterocycles. The topological polar surface area (TPSA) is 117 Å². The maximum absolute atomic E-state index is 13.1. The molecule has 0 unspecified atom stereocenters. The maximum Gasteiger partial charge on any atom is 0.416 e. The van der Waals surface area contributed by atoms with Crippen molar-refractivity contribution < 1.29 is 38.0 Å². The fourth-order valence-electron chi connectivity index (χ4n) is 4.45. The van der Waals surface area contributed by atoms with Crippen LogP contribution in [-0.4, -0.2) is 85.8 Å². The zero-order valence-corrected chi connectivity index (χ0v) is 25.8. The van der Waals surface area contributed by atoms with Gasteiger partial charge in [-0.3, -0.25) is 14.7 Å². The van der Waals surface area contributed by atoms with Gasteiger partial charge in [0, 0.05) is 14.1 Å². The molecule has 2 aromatic carbocycles. The van der Waals surface area contributed by atoms with Gasteiger partial charge in [0.05, 0.1) is 27.4 Å². The molecule has 1 fully saturated rings. The Hall–Kier alpha value is -3.32. The summed E-state index contributed by atoms with van der Waals surface area (Å²) in [5.41, 5.74) is 0.531. The molecule has 4 rings (SSSR count). The van der Waals surface area contributed by atoms with Gasteiger partial charge in [-0.05, 0) is 56.2 Å². The molecule has 2 amide bonds. The number of nitrogens with one attached hydrogen (secondary N) is 1. The minimum absolute atomic E-state index is 0.201. The maximum atomic E-state index is 13.1. The van der Waals surface area contributed by atoms with Crippen LogP contribution in [-0.2, 0) is 37.0 Å². The summed E-state index contributed by atoms with van der Waals surface area (Å²) in [6.45, 7) is 5.83. The second-order valence-electron chi connectivity index (χ2n) is 10.8. The zero-order chi connectivity index (χ0) is 30.4. The van der Waals surface area contributed by atoms with Gasteiger partial charge in [0.15, 0.2) is 11.3 Å². The van der Waals surface area contributed by atoms with Gasteiger partial charge in [0.2, 0.25) is 0 Å². The lowest BCUT2D eigenvalue weighted by atomic mass is 9.96. The number of likely N-dealkylation sites (N-methyl/N-ethyl adjacent to an activating group) is 1. The fraction of sp³-hybridized carbons (Fsp3) is 0.500. The summed E-state index contributed by atoms with van der Waals surface area (Å²) in [4.78, 5) is 32.1. The molecule has 12 heteroatoms. The van der Waals surface area contributed by atoms with Crippen molar-refractivity contribution in [1.82, 2.24) is 10.2 Å². The smallest absolute Gasteiger partial charge is 0.416 e. The number of fused-ring (bicyclic) bond motifs is 1. The van der Waals surface area contributed by atoms with Crippen molar-refractivity contribution in [2.75, 3.05) is 28.3 Å². The second-order valence-corrected chi connectivity index (χ2v) is 11.9. The monoisotopic (exact) mass is 601 g/mol. The molecular formula is C30H39N3O8S. The van der Waals surface area contributed by atoms with Crippen LogP contribution in [0.1, 0.15) is 31.9 Å². The molecule has 2 aliphatic rings. The third-order valence-corrected chi connectivity index (χ3v) is 7.87. The first kappa shape index (κ1) is 31.6. The highest BCUT2D eigenvalue weighted by Gasteiger charge is 2.53.